The molecule has 0 saturated carbocycles. The molecule has 1 aromatic rings. The average Bonchev–Trinajstić information content (AvgIpc) is 2.07. The molecule has 0 amide bonds. The van der Waals surface area contributed by atoms with Crippen molar-refractivity contribution in [3.8, 4) is 11.8 Å². The Bertz CT molecular complexity index is 338. The van der Waals surface area contributed by atoms with Gasteiger partial charge in [0.25, 0.3) is 0 Å². The van der Waals surface area contributed by atoms with Gasteiger partial charge in [0, 0.05) is 16.3 Å². The van der Waals surface area contributed by atoms with Gasteiger partial charge >= 0.3 is 0 Å². The molecule has 12 heavy (non-hydrogen) atoms. The fourth-order valence-electron chi connectivity index (χ4n) is 0.772. The first-order valence-electron chi connectivity index (χ1n) is 3.39. The lowest BCUT2D eigenvalue weighted by Crippen LogP contribution is -1.89. The summed E-state index contributed by atoms with van der Waals surface area (Å²) in [4.78, 5) is 0. The SMILES string of the molecule is Nc1ccc(Cl)cc1C#CCS. The molecule has 1 rings (SSSR count). The molecule has 0 aliphatic rings. The van der Waals surface area contributed by atoms with Gasteiger partial charge in [0.15, 0.2) is 0 Å². The van der Waals surface area contributed by atoms with Crippen LogP contribution in [0, 0.1) is 11.8 Å². The van der Waals surface area contributed by atoms with Crippen molar-refractivity contribution in [2.24, 2.45) is 0 Å². The maximum Gasteiger partial charge on any atom is 0.0521 e. The highest BCUT2D eigenvalue weighted by atomic mass is 35.5. The molecule has 0 radical (unpaired) electrons. The molecule has 1 nitrogen and oxygen atoms in total. The third-order valence-electron chi connectivity index (χ3n) is 1.32. The van der Waals surface area contributed by atoms with Gasteiger partial charge in [-0.3, -0.25) is 0 Å². The first-order valence-corrected chi connectivity index (χ1v) is 4.40. The Kier molecular flexibility index (Phi) is 3.33. The minimum Gasteiger partial charge on any atom is -0.398 e. The van der Waals surface area contributed by atoms with Gasteiger partial charge in [0.2, 0.25) is 0 Å². The Hall–Kier alpha value is -0.780. The van der Waals surface area contributed by atoms with Gasteiger partial charge in [0.1, 0.15) is 0 Å². The van der Waals surface area contributed by atoms with E-state index in [-0.39, 0.29) is 0 Å². The first-order chi connectivity index (χ1) is 5.74. The van der Waals surface area contributed by atoms with Gasteiger partial charge in [-0.05, 0) is 18.2 Å². The van der Waals surface area contributed by atoms with Crippen molar-refractivity contribution in [3.63, 3.8) is 0 Å². The Labute approximate surface area is 82.3 Å². The van der Waals surface area contributed by atoms with E-state index in [0.717, 1.165) is 5.56 Å². The maximum absolute atomic E-state index is 5.75. The Balaban J connectivity index is 3.05. The molecular weight excluding hydrogens is 190 g/mol. The van der Waals surface area contributed by atoms with Crippen molar-refractivity contribution in [1.29, 1.82) is 0 Å². The summed E-state index contributed by atoms with van der Waals surface area (Å²) >= 11 is 9.72. The third kappa shape index (κ3) is 2.37. The molecule has 0 aliphatic heterocycles. The van der Waals surface area contributed by atoms with E-state index in [1.807, 2.05) is 0 Å². The van der Waals surface area contributed by atoms with E-state index in [1.165, 1.54) is 0 Å². The number of hydrogen-bond donors (Lipinski definition) is 2. The normalized spacial score (nSPS) is 8.83. The quantitative estimate of drug-likeness (QED) is 0.372. The zero-order valence-corrected chi connectivity index (χ0v) is 7.99. The van der Waals surface area contributed by atoms with Crippen molar-refractivity contribution >= 4 is 29.9 Å². The van der Waals surface area contributed by atoms with Crippen molar-refractivity contribution in [2.75, 3.05) is 11.5 Å². The summed E-state index contributed by atoms with van der Waals surface area (Å²) in [6.45, 7) is 0. The van der Waals surface area contributed by atoms with E-state index < -0.39 is 0 Å². The van der Waals surface area contributed by atoms with Crippen molar-refractivity contribution < 1.29 is 0 Å². The molecule has 0 spiro atoms. The highest BCUT2D eigenvalue weighted by Crippen LogP contribution is 2.16. The predicted molar refractivity (Wildman–Crippen MR) is 56.6 cm³/mol. The van der Waals surface area contributed by atoms with Crippen LogP contribution < -0.4 is 5.73 Å². The Morgan fingerprint density at radius 3 is 2.92 bits per heavy atom. The molecular formula is C9H8ClNS. The number of thiol groups is 1. The summed E-state index contributed by atoms with van der Waals surface area (Å²) in [5.74, 6) is 6.20. The highest BCUT2D eigenvalue weighted by molar-refractivity contribution is 7.80. The summed E-state index contributed by atoms with van der Waals surface area (Å²) in [6.07, 6.45) is 0. The molecule has 0 bridgehead atoms. The highest BCUT2D eigenvalue weighted by Gasteiger charge is 1.95. The smallest absolute Gasteiger partial charge is 0.0521 e. The number of anilines is 1. The van der Waals surface area contributed by atoms with E-state index in [9.17, 15) is 0 Å². The standard InChI is InChI=1S/C9H8ClNS/c10-8-3-4-9(11)7(6-8)2-1-5-12/h3-4,6,12H,5,11H2. The van der Waals surface area contributed by atoms with E-state index in [0.29, 0.717) is 16.5 Å². The largest absolute Gasteiger partial charge is 0.398 e. The Morgan fingerprint density at radius 1 is 1.50 bits per heavy atom. The average molecular weight is 198 g/mol. The Morgan fingerprint density at radius 2 is 2.25 bits per heavy atom. The lowest BCUT2D eigenvalue weighted by atomic mass is 10.2. The summed E-state index contributed by atoms with van der Waals surface area (Å²) in [5.41, 5.74) is 7.05. The fraction of sp³-hybridized carbons (Fsp3) is 0.111. The van der Waals surface area contributed by atoms with E-state index >= 15 is 0 Å². The first kappa shape index (κ1) is 9.31. The summed E-state index contributed by atoms with van der Waals surface area (Å²) in [5, 5.41) is 0.646. The number of halogens is 1. The van der Waals surface area contributed by atoms with Crippen LogP contribution in [-0.2, 0) is 0 Å². The molecule has 0 saturated heterocycles. The zero-order valence-electron chi connectivity index (χ0n) is 6.34. The van der Waals surface area contributed by atoms with Gasteiger partial charge < -0.3 is 5.73 Å². The van der Waals surface area contributed by atoms with Gasteiger partial charge in [-0.25, -0.2) is 0 Å². The second kappa shape index (κ2) is 4.30. The topological polar surface area (TPSA) is 26.0 Å². The minimum absolute atomic E-state index is 0.520. The van der Waals surface area contributed by atoms with E-state index in [4.69, 9.17) is 17.3 Å². The maximum atomic E-state index is 5.75. The van der Waals surface area contributed by atoms with Crippen LogP contribution in [0.15, 0.2) is 18.2 Å². The molecule has 1 aromatic carbocycles. The molecule has 62 valence electrons. The van der Waals surface area contributed by atoms with Crippen LogP contribution in [0.1, 0.15) is 5.56 Å². The van der Waals surface area contributed by atoms with Crippen molar-refractivity contribution in [2.45, 2.75) is 0 Å². The number of benzene rings is 1. The van der Waals surface area contributed by atoms with Crippen molar-refractivity contribution in [3.05, 3.63) is 28.8 Å². The molecule has 0 aromatic heterocycles. The molecule has 2 N–H and O–H groups in total. The van der Waals surface area contributed by atoms with Gasteiger partial charge in [-0.1, -0.05) is 23.4 Å². The van der Waals surface area contributed by atoms with Crippen LogP contribution >= 0.6 is 24.2 Å². The second-order valence-corrected chi connectivity index (χ2v) is 2.94. The van der Waals surface area contributed by atoms with E-state index in [1.54, 1.807) is 18.2 Å². The zero-order chi connectivity index (χ0) is 8.97. The number of rotatable bonds is 0. The monoisotopic (exact) mass is 197 g/mol. The number of hydrogen-bond acceptors (Lipinski definition) is 2. The fourth-order valence-corrected chi connectivity index (χ4v) is 1.02. The molecule has 3 heteroatoms. The molecule has 0 unspecified atom stereocenters. The molecule has 0 fully saturated rings. The number of nitrogens with two attached hydrogens (primary N) is 1. The van der Waals surface area contributed by atoms with E-state index in [2.05, 4.69) is 24.5 Å². The molecule has 0 aliphatic carbocycles. The van der Waals surface area contributed by atoms with Crippen LogP contribution in [0.4, 0.5) is 5.69 Å². The third-order valence-corrected chi connectivity index (χ3v) is 1.71. The van der Waals surface area contributed by atoms with Crippen LogP contribution in [0.25, 0.3) is 0 Å². The minimum atomic E-state index is 0.520. The lowest BCUT2D eigenvalue weighted by molar-refractivity contribution is 1.62. The van der Waals surface area contributed by atoms with Gasteiger partial charge in [0.05, 0.1) is 5.75 Å². The number of nitrogen functional groups attached to an aromatic ring is 1. The molecule has 0 heterocycles. The van der Waals surface area contributed by atoms with Crippen LogP contribution in [0.5, 0.6) is 0 Å². The second-order valence-electron chi connectivity index (χ2n) is 2.19. The van der Waals surface area contributed by atoms with Crippen molar-refractivity contribution in [1.82, 2.24) is 0 Å². The summed E-state index contributed by atoms with van der Waals surface area (Å²) < 4.78 is 0. The van der Waals surface area contributed by atoms with Crippen LogP contribution in [-0.4, -0.2) is 5.75 Å². The van der Waals surface area contributed by atoms with Crippen LogP contribution in [0.3, 0.4) is 0 Å². The predicted octanol–water partition coefficient (Wildman–Crippen LogP) is 2.20. The summed E-state index contributed by atoms with van der Waals surface area (Å²) in [7, 11) is 0. The lowest BCUT2D eigenvalue weighted by Gasteiger charge is -1.97. The summed E-state index contributed by atoms with van der Waals surface area (Å²) in [6, 6.07) is 5.22. The van der Waals surface area contributed by atoms with Crippen LogP contribution in [0.2, 0.25) is 5.02 Å². The molecule has 0 atom stereocenters. The van der Waals surface area contributed by atoms with Gasteiger partial charge in [-0.15, -0.1) is 0 Å². The van der Waals surface area contributed by atoms with Gasteiger partial charge in [-0.2, -0.15) is 12.6 Å².